The third-order valence-corrected chi connectivity index (χ3v) is 7.03. The van der Waals surface area contributed by atoms with Gasteiger partial charge in [-0.05, 0) is 57.0 Å². The molecule has 0 aromatic heterocycles. The van der Waals surface area contributed by atoms with Crippen molar-refractivity contribution in [2.75, 3.05) is 45.9 Å². The van der Waals surface area contributed by atoms with Gasteiger partial charge in [-0.2, -0.15) is 0 Å². The van der Waals surface area contributed by atoms with E-state index in [0.717, 1.165) is 77.9 Å². The van der Waals surface area contributed by atoms with E-state index < -0.39 is 0 Å². The molecule has 2 aliphatic rings. The van der Waals surface area contributed by atoms with E-state index in [1.165, 1.54) is 12.8 Å². The van der Waals surface area contributed by atoms with E-state index in [2.05, 4.69) is 47.7 Å². The largest absolute Gasteiger partial charge is 0.362 e. The van der Waals surface area contributed by atoms with E-state index in [9.17, 15) is 5.26 Å². The van der Waals surface area contributed by atoms with Gasteiger partial charge in [-0.15, -0.1) is 0 Å². The van der Waals surface area contributed by atoms with Crippen LogP contribution in [0.25, 0.3) is 0 Å². The molecule has 2 fully saturated rings. The van der Waals surface area contributed by atoms with Gasteiger partial charge in [-0.3, -0.25) is 20.4 Å². The first kappa shape index (κ1) is 29.9. The highest BCUT2D eigenvalue weighted by Crippen LogP contribution is 2.24. The number of nitrogens with two attached hydrogens (primary N) is 1. The predicted octanol–water partition coefficient (Wildman–Crippen LogP) is 3.40. The van der Waals surface area contributed by atoms with E-state index >= 15 is 0 Å². The zero-order chi connectivity index (χ0) is 24.8. The van der Waals surface area contributed by atoms with Crippen LogP contribution in [-0.2, 0) is 19.4 Å². The zero-order valence-electron chi connectivity index (χ0n) is 22.1. The summed E-state index contributed by atoms with van der Waals surface area (Å²) in [5.74, 6) is 1.15. The highest BCUT2D eigenvalue weighted by Gasteiger charge is 2.28. The molecule has 0 aliphatic carbocycles. The molecule has 4 unspecified atom stereocenters. The molecule has 4 N–H and O–H groups in total. The number of nitrogens with zero attached hydrogens (tertiary/aromatic N) is 2. The summed E-state index contributed by atoms with van der Waals surface area (Å²) >= 11 is 0. The van der Waals surface area contributed by atoms with Crippen LogP contribution < -0.4 is 11.1 Å². The SMILES string of the molecule is CC(C)C1CCCN1CCC(NCCCCCCC(N)OOCCN1CCOC1C(C)C)OO. The number of likely N-dealkylation sites (tertiary alicyclic amines) is 1. The van der Waals surface area contributed by atoms with E-state index in [0.29, 0.717) is 24.5 Å². The summed E-state index contributed by atoms with van der Waals surface area (Å²) in [6.07, 6.45) is 7.87. The lowest BCUT2D eigenvalue weighted by atomic mass is 10.0. The van der Waals surface area contributed by atoms with E-state index in [1.54, 1.807) is 0 Å². The molecule has 0 bridgehead atoms. The summed E-state index contributed by atoms with van der Waals surface area (Å²) in [7, 11) is 0. The summed E-state index contributed by atoms with van der Waals surface area (Å²) in [5.41, 5.74) is 6.01. The maximum Gasteiger partial charge on any atom is 0.144 e. The standard InChI is InChI=1S/C25H52N4O5/c1-20(2)22-10-9-14-28(22)15-12-24(33-30)27-13-8-6-5-7-11-23(26)34-32-19-17-29-16-18-31-25(29)21(3)4/h20-25,27,30H,5-19,26H2,1-4H3. The molecule has 9 heteroatoms. The number of hydrogen-bond donors (Lipinski definition) is 3. The van der Waals surface area contributed by atoms with Crippen LogP contribution in [0.2, 0.25) is 0 Å². The Morgan fingerprint density at radius 3 is 2.53 bits per heavy atom. The fourth-order valence-corrected chi connectivity index (χ4v) is 5.16. The van der Waals surface area contributed by atoms with Crippen LogP contribution in [0.3, 0.4) is 0 Å². The molecule has 202 valence electrons. The number of nitrogens with one attached hydrogen (secondary N) is 1. The highest BCUT2D eigenvalue weighted by atomic mass is 17.2. The van der Waals surface area contributed by atoms with Gasteiger partial charge in [0.25, 0.3) is 0 Å². The van der Waals surface area contributed by atoms with Gasteiger partial charge in [0.1, 0.15) is 18.7 Å². The molecule has 0 aromatic carbocycles. The molecule has 4 atom stereocenters. The monoisotopic (exact) mass is 488 g/mol. The molecule has 0 spiro atoms. The van der Waals surface area contributed by atoms with Gasteiger partial charge in [0.05, 0.1) is 13.2 Å². The van der Waals surface area contributed by atoms with Crippen molar-refractivity contribution in [1.82, 2.24) is 15.1 Å². The Balaban J connectivity index is 1.42. The van der Waals surface area contributed by atoms with Crippen LogP contribution in [0.5, 0.6) is 0 Å². The van der Waals surface area contributed by atoms with E-state index in [-0.39, 0.29) is 18.7 Å². The first-order valence-electron chi connectivity index (χ1n) is 13.6. The van der Waals surface area contributed by atoms with Gasteiger partial charge in [-0.1, -0.05) is 40.5 Å². The van der Waals surface area contributed by atoms with Crippen molar-refractivity contribution in [3.05, 3.63) is 0 Å². The molecule has 0 aromatic rings. The average Bonchev–Trinajstić information content (AvgIpc) is 3.47. The molecule has 2 heterocycles. The molecule has 2 aliphatic heterocycles. The molecule has 0 radical (unpaired) electrons. The summed E-state index contributed by atoms with van der Waals surface area (Å²) in [4.78, 5) is 20.1. The van der Waals surface area contributed by atoms with Crippen LogP contribution in [0.1, 0.15) is 79.1 Å². The first-order chi connectivity index (χ1) is 16.4. The van der Waals surface area contributed by atoms with Crippen LogP contribution in [0.4, 0.5) is 0 Å². The smallest absolute Gasteiger partial charge is 0.144 e. The van der Waals surface area contributed by atoms with Gasteiger partial charge in [0.2, 0.25) is 0 Å². The van der Waals surface area contributed by atoms with Crippen molar-refractivity contribution in [3.8, 4) is 0 Å². The number of hydrogen-bond acceptors (Lipinski definition) is 9. The third-order valence-electron chi connectivity index (χ3n) is 7.03. The Kier molecular flexibility index (Phi) is 15.1. The van der Waals surface area contributed by atoms with Crippen LogP contribution >= 0.6 is 0 Å². The van der Waals surface area contributed by atoms with Gasteiger partial charge >= 0.3 is 0 Å². The fourth-order valence-electron chi connectivity index (χ4n) is 5.16. The molecular formula is C25H52N4O5. The van der Waals surface area contributed by atoms with Gasteiger partial charge in [0, 0.05) is 32.1 Å². The molecule has 34 heavy (non-hydrogen) atoms. The second-order valence-electron chi connectivity index (χ2n) is 10.5. The van der Waals surface area contributed by atoms with Gasteiger partial charge in [-0.25, -0.2) is 14.7 Å². The lowest BCUT2D eigenvalue weighted by molar-refractivity contribution is -0.325. The topological polar surface area (TPSA) is 102 Å². The van der Waals surface area contributed by atoms with E-state index in [1.807, 2.05) is 0 Å². The Morgan fingerprint density at radius 2 is 1.79 bits per heavy atom. The maximum atomic E-state index is 9.23. The zero-order valence-corrected chi connectivity index (χ0v) is 22.1. The van der Waals surface area contributed by atoms with E-state index in [4.69, 9.17) is 20.2 Å². The number of rotatable bonds is 19. The van der Waals surface area contributed by atoms with Crippen molar-refractivity contribution in [1.29, 1.82) is 0 Å². The van der Waals surface area contributed by atoms with Crippen molar-refractivity contribution in [2.45, 2.75) is 104 Å². The molecular weight excluding hydrogens is 436 g/mol. The van der Waals surface area contributed by atoms with Crippen LogP contribution in [-0.4, -0.2) is 85.7 Å². The Morgan fingerprint density at radius 1 is 1.00 bits per heavy atom. The average molecular weight is 489 g/mol. The Hall–Kier alpha value is -0.360. The normalized spacial score (nSPS) is 24.0. The summed E-state index contributed by atoms with van der Waals surface area (Å²) in [6, 6.07) is 0.664. The minimum absolute atomic E-state index is 0.174. The summed E-state index contributed by atoms with van der Waals surface area (Å²) < 4.78 is 5.74. The maximum absolute atomic E-state index is 9.23. The quantitative estimate of drug-likeness (QED) is 0.109. The Labute approximate surface area is 207 Å². The third kappa shape index (κ3) is 11.1. The lowest BCUT2D eigenvalue weighted by Gasteiger charge is -2.28. The summed E-state index contributed by atoms with van der Waals surface area (Å²) in [6.45, 7) is 14.9. The Bertz CT molecular complexity index is 514. The molecule has 9 nitrogen and oxygen atoms in total. The molecule has 2 rings (SSSR count). The lowest BCUT2D eigenvalue weighted by Crippen LogP contribution is -2.39. The molecule has 2 saturated heterocycles. The fraction of sp³-hybridized carbons (Fsp3) is 1.00. The van der Waals surface area contributed by atoms with Crippen LogP contribution in [0.15, 0.2) is 0 Å². The number of unbranched alkanes of at least 4 members (excludes halogenated alkanes) is 3. The second-order valence-corrected chi connectivity index (χ2v) is 10.5. The van der Waals surface area contributed by atoms with Gasteiger partial charge in [0.15, 0.2) is 0 Å². The highest BCUT2D eigenvalue weighted by molar-refractivity contribution is 4.81. The minimum atomic E-state index is -0.388. The predicted molar refractivity (Wildman–Crippen MR) is 134 cm³/mol. The number of ether oxygens (including phenoxy) is 1. The van der Waals surface area contributed by atoms with Crippen molar-refractivity contribution in [3.63, 3.8) is 0 Å². The summed E-state index contributed by atoms with van der Waals surface area (Å²) in [5, 5.41) is 12.6. The van der Waals surface area contributed by atoms with Crippen molar-refractivity contribution < 1.29 is 24.7 Å². The van der Waals surface area contributed by atoms with Crippen molar-refractivity contribution in [2.24, 2.45) is 17.6 Å². The van der Waals surface area contributed by atoms with Crippen LogP contribution in [0, 0.1) is 11.8 Å². The van der Waals surface area contributed by atoms with Gasteiger partial charge < -0.3 is 10.5 Å². The first-order valence-corrected chi connectivity index (χ1v) is 13.6. The minimum Gasteiger partial charge on any atom is -0.362 e. The van der Waals surface area contributed by atoms with Crippen molar-refractivity contribution >= 4 is 0 Å². The second kappa shape index (κ2) is 17.2. The molecule has 0 saturated carbocycles. The molecule has 0 amide bonds.